The van der Waals surface area contributed by atoms with Gasteiger partial charge in [-0.05, 0) is 49.1 Å². The van der Waals surface area contributed by atoms with Gasteiger partial charge in [0.2, 0.25) is 10.0 Å². The third kappa shape index (κ3) is 3.89. The maximum Gasteiger partial charge on any atom is 0.417 e. The van der Waals surface area contributed by atoms with E-state index in [1.165, 1.54) is 10.4 Å². The average Bonchev–Trinajstić information content (AvgIpc) is 3.11. The highest BCUT2D eigenvalue weighted by molar-refractivity contribution is 7.89. The lowest BCUT2D eigenvalue weighted by Gasteiger charge is -2.28. The summed E-state index contributed by atoms with van der Waals surface area (Å²) in [5.41, 5.74) is -0.682. The molecule has 0 spiro atoms. The number of carboxylic acid groups (broad SMARTS) is 1. The summed E-state index contributed by atoms with van der Waals surface area (Å²) in [7, 11) is -3.97. The lowest BCUT2D eigenvalue weighted by molar-refractivity contribution is -0.147. The molecule has 2 N–H and O–H groups in total. The standard InChI is InChI=1S/C21H22F3N3O4S/c1-20(19(28)29)10-13-2-5-17(32(30,31)27-8-6-25-7-9-27)18(15(13)11-20)16-4-3-14(12-26-16)21(22,23)24/h2-5,12,25H,6-11H2,1H3,(H,28,29). The number of rotatable bonds is 4. The van der Waals surface area contributed by atoms with E-state index in [0.29, 0.717) is 30.4 Å². The summed E-state index contributed by atoms with van der Waals surface area (Å²) in [6.07, 6.45) is -3.66. The first-order valence-electron chi connectivity index (χ1n) is 10.1. The number of benzene rings is 1. The van der Waals surface area contributed by atoms with Gasteiger partial charge < -0.3 is 10.4 Å². The smallest absolute Gasteiger partial charge is 0.417 e. The maximum atomic E-state index is 13.5. The molecule has 1 aliphatic heterocycles. The van der Waals surface area contributed by atoms with Crippen molar-refractivity contribution < 1.29 is 31.5 Å². The van der Waals surface area contributed by atoms with Gasteiger partial charge in [0.25, 0.3) is 0 Å². The van der Waals surface area contributed by atoms with E-state index in [1.807, 2.05) is 0 Å². The third-order valence-corrected chi connectivity index (χ3v) is 8.02. The van der Waals surface area contributed by atoms with Crippen molar-refractivity contribution in [3.63, 3.8) is 0 Å². The second-order valence-electron chi connectivity index (χ2n) is 8.38. The van der Waals surface area contributed by atoms with Gasteiger partial charge in [-0.25, -0.2) is 8.42 Å². The Hall–Kier alpha value is -2.50. The number of piperazine rings is 1. The maximum absolute atomic E-state index is 13.5. The second-order valence-corrected chi connectivity index (χ2v) is 10.3. The first kappa shape index (κ1) is 22.7. The van der Waals surface area contributed by atoms with Crippen molar-refractivity contribution in [3.05, 3.63) is 47.2 Å². The predicted molar refractivity (Wildman–Crippen MR) is 109 cm³/mol. The van der Waals surface area contributed by atoms with Crippen LogP contribution in [0.15, 0.2) is 35.4 Å². The summed E-state index contributed by atoms with van der Waals surface area (Å²) >= 11 is 0. The number of carboxylic acids is 1. The fourth-order valence-electron chi connectivity index (χ4n) is 4.29. The summed E-state index contributed by atoms with van der Waals surface area (Å²) in [6, 6.07) is 5.02. The summed E-state index contributed by atoms with van der Waals surface area (Å²) in [6.45, 7) is 3.05. The fraction of sp³-hybridized carbons (Fsp3) is 0.429. The zero-order valence-electron chi connectivity index (χ0n) is 17.2. The SMILES string of the molecule is CC1(C(=O)O)Cc2ccc(S(=O)(=O)N3CCNCC3)c(-c3ccc(C(F)(F)F)cn3)c2C1. The highest BCUT2D eigenvalue weighted by Crippen LogP contribution is 2.44. The quantitative estimate of drug-likeness (QED) is 0.714. The van der Waals surface area contributed by atoms with Crippen molar-refractivity contribution in [2.24, 2.45) is 5.41 Å². The minimum atomic E-state index is -4.58. The van der Waals surface area contributed by atoms with Gasteiger partial charge in [-0.2, -0.15) is 17.5 Å². The van der Waals surface area contributed by atoms with Gasteiger partial charge in [-0.3, -0.25) is 9.78 Å². The molecular formula is C21H22F3N3O4S. The Labute approximate surface area is 183 Å². The van der Waals surface area contributed by atoms with Crippen LogP contribution < -0.4 is 5.32 Å². The van der Waals surface area contributed by atoms with Crippen LogP contribution in [0.1, 0.15) is 23.6 Å². The Morgan fingerprint density at radius 3 is 2.41 bits per heavy atom. The van der Waals surface area contributed by atoms with Crippen LogP contribution in [-0.4, -0.2) is 55.0 Å². The van der Waals surface area contributed by atoms with E-state index in [4.69, 9.17) is 0 Å². The minimum Gasteiger partial charge on any atom is -0.481 e. The predicted octanol–water partition coefficient (Wildman–Crippen LogP) is 2.55. The van der Waals surface area contributed by atoms with Crippen molar-refractivity contribution in [3.8, 4) is 11.3 Å². The number of nitrogens with one attached hydrogen (secondary N) is 1. The zero-order valence-corrected chi connectivity index (χ0v) is 18.1. The monoisotopic (exact) mass is 469 g/mol. The first-order chi connectivity index (χ1) is 14.9. The summed E-state index contributed by atoms with van der Waals surface area (Å²) in [5, 5.41) is 12.8. The number of aromatic nitrogens is 1. The number of pyridine rings is 1. The van der Waals surface area contributed by atoms with E-state index in [9.17, 15) is 31.5 Å². The Bertz CT molecular complexity index is 1160. The number of alkyl halides is 3. The Morgan fingerprint density at radius 1 is 1.16 bits per heavy atom. The fourth-order valence-corrected chi connectivity index (χ4v) is 5.96. The van der Waals surface area contributed by atoms with Crippen LogP contribution in [0.25, 0.3) is 11.3 Å². The molecule has 1 atom stereocenters. The Morgan fingerprint density at radius 2 is 1.84 bits per heavy atom. The van der Waals surface area contributed by atoms with Crippen LogP contribution in [0.4, 0.5) is 13.2 Å². The van der Waals surface area contributed by atoms with E-state index in [0.717, 1.165) is 12.1 Å². The Kier molecular flexibility index (Phi) is 5.54. The summed E-state index contributed by atoms with van der Waals surface area (Å²) in [4.78, 5) is 15.7. The molecule has 32 heavy (non-hydrogen) atoms. The number of halogens is 3. The van der Waals surface area contributed by atoms with Crippen molar-refractivity contribution >= 4 is 16.0 Å². The molecule has 1 aromatic carbocycles. The van der Waals surface area contributed by atoms with Crippen LogP contribution in [0, 0.1) is 5.41 Å². The number of nitrogens with zero attached hydrogens (tertiary/aromatic N) is 2. The van der Waals surface area contributed by atoms with Gasteiger partial charge in [0.1, 0.15) is 0 Å². The van der Waals surface area contributed by atoms with Gasteiger partial charge in [0.05, 0.1) is 21.6 Å². The highest BCUT2D eigenvalue weighted by atomic mass is 32.2. The molecule has 1 aliphatic carbocycles. The molecular weight excluding hydrogens is 447 g/mol. The molecule has 172 valence electrons. The number of fused-ring (bicyclic) bond motifs is 1. The number of hydrogen-bond acceptors (Lipinski definition) is 5. The van der Waals surface area contributed by atoms with Crippen molar-refractivity contribution in [2.75, 3.05) is 26.2 Å². The van der Waals surface area contributed by atoms with E-state index < -0.39 is 33.1 Å². The largest absolute Gasteiger partial charge is 0.481 e. The average molecular weight is 469 g/mol. The number of aliphatic carboxylic acids is 1. The normalized spacial score (nSPS) is 22.0. The summed E-state index contributed by atoms with van der Waals surface area (Å²) < 4.78 is 67.4. The molecule has 1 aromatic heterocycles. The van der Waals surface area contributed by atoms with Crippen molar-refractivity contribution in [2.45, 2.75) is 30.8 Å². The third-order valence-electron chi connectivity index (χ3n) is 6.08. The minimum absolute atomic E-state index is 0.0562. The van der Waals surface area contributed by atoms with Gasteiger partial charge in [-0.15, -0.1) is 0 Å². The molecule has 1 unspecified atom stereocenters. The molecule has 11 heteroatoms. The van der Waals surface area contributed by atoms with Crippen LogP contribution in [0.2, 0.25) is 0 Å². The highest BCUT2D eigenvalue weighted by Gasteiger charge is 2.43. The topological polar surface area (TPSA) is 99.6 Å². The van der Waals surface area contributed by atoms with Crippen LogP contribution >= 0.6 is 0 Å². The molecule has 1 saturated heterocycles. The van der Waals surface area contributed by atoms with Crippen LogP contribution in [-0.2, 0) is 33.8 Å². The molecule has 1 fully saturated rings. The summed E-state index contributed by atoms with van der Waals surface area (Å²) in [5.74, 6) is -1.02. The second kappa shape index (κ2) is 7.82. The van der Waals surface area contributed by atoms with Crippen molar-refractivity contribution in [1.29, 1.82) is 0 Å². The van der Waals surface area contributed by atoms with Gasteiger partial charge in [0, 0.05) is 37.9 Å². The van der Waals surface area contributed by atoms with E-state index in [-0.39, 0.29) is 42.1 Å². The van der Waals surface area contributed by atoms with E-state index >= 15 is 0 Å². The lowest BCUT2D eigenvalue weighted by atomic mass is 9.87. The first-order valence-corrected chi connectivity index (χ1v) is 11.5. The van der Waals surface area contributed by atoms with E-state index in [2.05, 4.69) is 10.3 Å². The molecule has 0 radical (unpaired) electrons. The zero-order chi connectivity index (χ0) is 23.3. The van der Waals surface area contributed by atoms with Gasteiger partial charge >= 0.3 is 12.1 Å². The van der Waals surface area contributed by atoms with Crippen LogP contribution in [0.5, 0.6) is 0 Å². The molecule has 2 aliphatic rings. The van der Waals surface area contributed by atoms with Gasteiger partial charge in [-0.1, -0.05) is 6.07 Å². The molecule has 0 saturated carbocycles. The molecule has 4 rings (SSSR count). The number of hydrogen-bond donors (Lipinski definition) is 2. The molecule has 2 heterocycles. The number of sulfonamides is 1. The number of carbonyl (C=O) groups is 1. The lowest BCUT2D eigenvalue weighted by Crippen LogP contribution is -2.46. The van der Waals surface area contributed by atoms with E-state index in [1.54, 1.807) is 13.0 Å². The molecule has 0 bridgehead atoms. The van der Waals surface area contributed by atoms with Crippen molar-refractivity contribution in [1.82, 2.24) is 14.6 Å². The van der Waals surface area contributed by atoms with Gasteiger partial charge in [0.15, 0.2) is 0 Å². The molecule has 2 aromatic rings. The molecule has 0 amide bonds. The molecule has 7 nitrogen and oxygen atoms in total. The Balaban J connectivity index is 1.90. The van der Waals surface area contributed by atoms with Crippen LogP contribution in [0.3, 0.4) is 0 Å².